The predicted molar refractivity (Wildman–Crippen MR) is 132 cm³/mol. The van der Waals surface area contributed by atoms with E-state index in [0.717, 1.165) is 37.9 Å². The highest BCUT2D eigenvalue weighted by Crippen LogP contribution is 2.44. The number of hydrogen-bond acceptors (Lipinski definition) is 5. The van der Waals surface area contributed by atoms with Crippen molar-refractivity contribution in [3.05, 3.63) is 82.8 Å². The Hall–Kier alpha value is -3.48. The molecule has 0 spiro atoms. The molecule has 6 nitrogen and oxygen atoms in total. The van der Waals surface area contributed by atoms with Gasteiger partial charge in [0.2, 0.25) is 12.3 Å². The van der Waals surface area contributed by atoms with Crippen molar-refractivity contribution in [2.45, 2.75) is 68.4 Å². The van der Waals surface area contributed by atoms with Crippen LogP contribution in [0.25, 0.3) is 0 Å². The highest BCUT2D eigenvalue weighted by molar-refractivity contribution is 5.87. The fourth-order valence-corrected chi connectivity index (χ4v) is 6.03. The maximum atomic E-state index is 13.6. The van der Waals surface area contributed by atoms with Crippen LogP contribution >= 0.6 is 0 Å². The second-order valence-electron chi connectivity index (χ2n) is 10.7. The summed E-state index contributed by atoms with van der Waals surface area (Å²) >= 11 is 0. The molecule has 1 N–H and O–H groups in total. The molecule has 5 rings (SSSR count). The predicted octanol–water partition coefficient (Wildman–Crippen LogP) is 6.23. The molecule has 2 aromatic carbocycles. The number of hydrogen-bond donors (Lipinski definition) is 1. The molecule has 2 aliphatic rings. The SMILES string of the molecule is O=C(NCc1cc(C(F)(F)F)cc(C(F)(F)F)c1)C1(c2ncon2)CCC(N2CCC(c3ccc(F)cc3)CC2)C1. The summed E-state index contributed by atoms with van der Waals surface area (Å²) in [5.41, 5.74) is -3.41. The average molecular weight is 585 g/mol. The summed E-state index contributed by atoms with van der Waals surface area (Å²) in [7, 11) is 0. The van der Waals surface area contributed by atoms with Crippen LogP contribution in [0.15, 0.2) is 53.4 Å². The monoisotopic (exact) mass is 584 g/mol. The van der Waals surface area contributed by atoms with Crippen molar-refractivity contribution in [1.29, 1.82) is 0 Å². The zero-order valence-corrected chi connectivity index (χ0v) is 21.7. The standard InChI is InChI=1S/C28H27F7N4O2/c29-22-3-1-18(2-4-22)19-6-9-39(10-7-19)23-5-8-26(14-23,24-37-16-41-38-24)25(40)36-15-17-11-20(27(30,31)32)13-21(12-17)28(33,34)35/h1-4,11-13,16,19,23H,5-10,14-15H2,(H,36,40). The van der Waals surface area contributed by atoms with Gasteiger partial charge in [-0.1, -0.05) is 17.3 Å². The minimum atomic E-state index is -4.99. The molecule has 0 bridgehead atoms. The average Bonchev–Trinajstić information content (AvgIpc) is 3.63. The first-order valence-corrected chi connectivity index (χ1v) is 13.2. The highest BCUT2D eigenvalue weighted by atomic mass is 19.4. The zero-order valence-electron chi connectivity index (χ0n) is 21.7. The van der Waals surface area contributed by atoms with Crippen molar-refractivity contribution in [1.82, 2.24) is 20.4 Å². The molecular weight excluding hydrogens is 557 g/mol. The maximum absolute atomic E-state index is 13.6. The van der Waals surface area contributed by atoms with Crippen molar-refractivity contribution in [2.24, 2.45) is 0 Å². The number of carbonyl (C=O) groups excluding carboxylic acids is 1. The van der Waals surface area contributed by atoms with Crippen LogP contribution in [0.3, 0.4) is 0 Å². The van der Waals surface area contributed by atoms with E-state index in [1.54, 1.807) is 12.1 Å². The van der Waals surface area contributed by atoms with Crippen molar-refractivity contribution in [3.63, 3.8) is 0 Å². The van der Waals surface area contributed by atoms with Crippen LogP contribution in [-0.4, -0.2) is 40.1 Å². The number of likely N-dealkylation sites (tertiary alicyclic amines) is 1. The molecule has 2 heterocycles. The van der Waals surface area contributed by atoms with Crippen LogP contribution in [0.1, 0.15) is 66.1 Å². The Kier molecular flexibility index (Phi) is 7.84. The lowest BCUT2D eigenvalue weighted by atomic mass is 9.83. The molecule has 2 atom stereocenters. The van der Waals surface area contributed by atoms with Gasteiger partial charge >= 0.3 is 12.4 Å². The van der Waals surface area contributed by atoms with Crippen molar-refractivity contribution in [3.8, 4) is 0 Å². The summed E-state index contributed by atoms with van der Waals surface area (Å²) in [6, 6.07) is 7.70. The lowest BCUT2D eigenvalue weighted by molar-refractivity contribution is -0.143. The molecular formula is C28H27F7N4O2. The Bertz CT molecular complexity index is 1320. The Morgan fingerprint density at radius 1 is 0.976 bits per heavy atom. The van der Waals surface area contributed by atoms with Gasteiger partial charge in [0.1, 0.15) is 11.2 Å². The number of nitrogens with zero attached hydrogens (tertiary/aromatic N) is 3. The number of aromatic nitrogens is 2. The molecule has 13 heteroatoms. The zero-order chi connectivity index (χ0) is 29.4. The largest absolute Gasteiger partial charge is 0.416 e. The molecule has 3 aromatic rings. The molecule has 41 heavy (non-hydrogen) atoms. The van der Waals surface area contributed by atoms with E-state index in [1.165, 1.54) is 12.1 Å². The number of benzene rings is 2. The van der Waals surface area contributed by atoms with Crippen LogP contribution in [0.5, 0.6) is 0 Å². The van der Waals surface area contributed by atoms with Crippen molar-refractivity contribution in [2.75, 3.05) is 13.1 Å². The highest BCUT2D eigenvalue weighted by Gasteiger charge is 2.51. The molecule has 1 aliphatic heterocycles. The van der Waals surface area contributed by atoms with Gasteiger partial charge < -0.3 is 14.7 Å². The van der Waals surface area contributed by atoms with Gasteiger partial charge in [-0.3, -0.25) is 4.79 Å². The molecule has 2 fully saturated rings. The van der Waals surface area contributed by atoms with Gasteiger partial charge in [0.05, 0.1) is 11.1 Å². The summed E-state index contributed by atoms with van der Waals surface area (Å²) < 4.78 is 97.9. The van der Waals surface area contributed by atoms with E-state index in [1.807, 2.05) is 0 Å². The fourth-order valence-electron chi connectivity index (χ4n) is 6.03. The van der Waals surface area contributed by atoms with E-state index in [0.29, 0.717) is 31.4 Å². The van der Waals surface area contributed by atoms with Gasteiger partial charge in [-0.25, -0.2) is 4.39 Å². The Labute approximate surface area is 230 Å². The maximum Gasteiger partial charge on any atom is 0.416 e. The van der Waals surface area contributed by atoms with Gasteiger partial charge in [-0.15, -0.1) is 0 Å². The molecule has 1 amide bonds. The number of carbonyl (C=O) groups is 1. The molecule has 2 unspecified atom stereocenters. The van der Waals surface area contributed by atoms with E-state index < -0.39 is 41.3 Å². The van der Waals surface area contributed by atoms with Crippen molar-refractivity contribution < 1.29 is 40.1 Å². The minimum Gasteiger partial charge on any atom is -0.351 e. The number of piperidine rings is 1. The topological polar surface area (TPSA) is 71.3 Å². The summed E-state index contributed by atoms with van der Waals surface area (Å²) in [5.74, 6) is -0.470. The first kappa shape index (κ1) is 29.0. The fraction of sp³-hybridized carbons (Fsp3) is 0.464. The normalized spacial score (nSPS) is 22.7. The number of alkyl halides is 6. The van der Waals surface area contributed by atoms with Gasteiger partial charge in [0.25, 0.3) is 0 Å². The lowest BCUT2D eigenvalue weighted by Crippen LogP contribution is -2.46. The van der Waals surface area contributed by atoms with E-state index >= 15 is 0 Å². The summed E-state index contributed by atoms with van der Waals surface area (Å²) in [6.45, 7) is 0.960. The van der Waals surface area contributed by atoms with Gasteiger partial charge in [0, 0.05) is 12.6 Å². The third-order valence-corrected chi connectivity index (χ3v) is 8.20. The van der Waals surface area contributed by atoms with E-state index in [9.17, 15) is 35.5 Å². The second-order valence-corrected chi connectivity index (χ2v) is 10.7. The van der Waals surface area contributed by atoms with Crippen LogP contribution in [0.2, 0.25) is 0 Å². The van der Waals surface area contributed by atoms with E-state index in [-0.39, 0.29) is 35.2 Å². The summed E-state index contributed by atoms with van der Waals surface area (Å²) in [4.78, 5) is 19.9. The minimum absolute atomic E-state index is 0.0150. The van der Waals surface area contributed by atoms with Gasteiger partial charge in [-0.2, -0.15) is 31.3 Å². The van der Waals surface area contributed by atoms with Gasteiger partial charge in [0.15, 0.2) is 5.82 Å². The molecule has 1 saturated carbocycles. The van der Waals surface area contributed by atoms with Crippen LogP contribution in [-0.2, 0) is 29.1 Å². The summed E-state index contributed by atoms with van der Waals surface area (Å²) in [6.07, 6.45) is -5.95. The van der Waals surface area contributed by atoms with Crippen molar-refractivity contribution >= 4 is 5.91 Å². The molecule has 1 saturated heterocycles. The molecule has 220 valence electrons. The first-order chi connectivity index (χ1) is 19.3. The second kappa shape index (κ2) is 11.1. The smallest absolute Gasteiger partial charge is 0.351 e. The Balaban J connectivity index is 1.29. The first-order valence-electron chi connectivity index (χ1n) is 13.2. The van der Waals surface area contributed by atoms with Crippen LogP contribution in [0, 0.1) is 5.82 Å². The van der Waals surface area contributed by atoms with E-state index in [2.05, 4.69) is 20.4 Å². The van der Waals surface area contributed by atoms with Crippen LogP contribution in [0.4, 0.5) is 30.7 Å². The Morgan fingerprint density at radius 3 is 2.17 bits per heavy atom. The third-order valence-electron chi connectivity index (χ3n) is 8.20. The van der Waals surface area contributed by atoms with Gasteiger partial charge in [-0.05, 0) is 92.6 Å². The van der Waals surface area contributed by atoms with E-state index in [4.69, 9.17) is 4.52 Å². The molecule has 1 aromatic heterocycles. The molecule has 1 aliphatic carbocycles. The third kappa shape index (κ3) is 6.24. The summed E-state index contributed by atoms with van der Waals surface area (Å²) in [5, 5.41) is 6.42. The molecule has 0 radical (unpaired) electrons. The lowest BCUT2D eigenvalue weighted by Gasteiger charge is -2.37. The quantitative estimate of drug-likeness (QED) is 0.348. The number of rotatable bonds is 6. The number of amides is 1. The number of nitrogens with one attached hydrogen (secondary N) is 1. The number of halogens is 7. The Morgan fingerprint density at radius 2 is 1.61 bits per heavy atom. The van der Waals surface area contributed by atoms with Crippen LogP contribution < -0.4 is 5.32 Å².